The van der Waals surface area contributed by atoms with Gasteiger partial charge in [-0.1, -0.05) is 23.2 Å². The van der Waals surface area contributed by atoms with Crippen LogP contribution < -0.4 is 0 Å². The number of carbonyl (C=O) groups excluding carboxylic acids is 1. The minimum Gasteiger partial charge on any atom is -0.481 e. The van der Waals surface area contributed by atoms with E-state index in [2.05, 4.69) is 14.9 Å². The highest BCUT2D eigenvalue weighted by Crippen LogP contribution is 2.32. The van der Waals surface area contributed by atoms with Crippen molar-refractivity contribution in [2.45, 2.75) is 46.1 Å². The molecule has 0 saturated heterocycles. The van der Waals surface area contributed by atoms with E-state index in [1.165, 1.54) is 0 Å². The Balaban J connectivity index is 2.11. The van der Waals surface area contributed by atoms with Crippen molar-refractivity contribution in [2.75, 3.05) is 6.54 Å². The molecule has 116 valence electrons. The first-order chi connectivity index (χ1) is 10.0. The summed E-state index contributed by atoms with van der Waals surface area (Å²) in [6.45, 7) is 4.46. The summed E-state index contributed by atoms with van der Waals surface area (Å²) in [5, 5.41) is 16.8. The van der Waals surface area contributed by atoms with Gasteiger partial charge >= 0.3 is 5.97 Å². The van der Waals surface area contributed by atoms with E-state index in [4.69, 9.17) is 0 Å². The fourth-order valence-corrected chi connectivity index (χ4v) is 2.88. The summed E-state index contributed by atoms with van der Waals surface area (Å²) in [6, 6.07) is 0. The average molecular weight is 295 g/mol. The molecule has 0 radical (unpaired) electrons. The van der Waals surface area contributed by atoms with Gasteiger partial charge < -0.3 is 10.0 Å². The third-order valence-electron chi connectivity index (χ3n) is 4.18. The molecule has 1 saturated carbocycles. The number of hydrogen-bond donors (Lipinski definition) is 1. The van der Waals surface area contributed by atoms with Gasteiger partial charge in [-0.2, -0.15) is 0 Å². The van der Waals surface area contributed by atoms with Crippen molar-refractivity contribution in [1.82, 2.24) is 15.2 Å². The molecule has 21 heavy (non-hydrogen) atoms. The normalized spacial score (nSPS) is 22.0. The van der Waals surface area contributed by atoms with E-state index >= 15 is 0 Å². The number of carboxylic acid groups (broad SMARTS) is 1. The van der Waals surface area contributed by atoms with Crippen molar-refractivity contribution < 1.29 is 19.3 Å². The van der Waals surface area contributed by atoms with Gasteiger partial charge in [0.1, 0.15) is 11.4 Å². The number of aromatic nitrogens is 2. The first-order valence-corrected chi connectivity index (χ1v) is 7.34. The summed E-state index contributed by atoms with van der Waals surface area (Å²) in [5.74, 6) is -1.98. The molecular formula is C14H21N3O4. The van der Waals surface area contributed by atoms with Crippen LogP contribution in [0.25, 0.3) is 0 Å². The third-order valence-corrected chi connectivity index (χ3v) is 4.18. The van der Waals surface area contributed by atoms with Crippen LogP contribution in [0.15, 0.2) is 4.63 Å². The molecule has 0 bridgehead atoms. The Morgan fingerprint density at radius 2 is 1.95 bits per heavy atom. The summed E-state index contributed by atoms with van der Waals surface area (Å²) >= 11 is 0. The highest BCUT2D eigenvalue weighted by atomic mass is 16.6. The van der Waals surface area contributed by atoms with Crippen molar-refractivity contribution in [3.05, 3.63) is 11.4 Å². The highest BCUT2D eigenvalue weighted by molar-refractivity contribution is 5.85. The number of hydrogen-bond acceptors (Lipinski definition) is 5. The van der Waals surface area contributed by atoms with E-state index in [0.29, 0.717) is 37.3 Å². The van der Waals surface area contributed by atoms with Crippen LogP contribution in [0.2, 0.25) is 0 Å². The molecule has 1 N–H and O–H groups in total. The molecule has 0 aliphatic heterocycles. The van der Waals surface area contributed by atoms with Crippen LogP contribution in [0.5, 0.6) is 0 Å². The van der Waals surface area contributed by atoms with Gasteiger partial charge in [0.05, 0.1) is 18.4 Å². The summed E-state index contributed by atoms with van der Waals surface area (Å²) < 4.78 is 4.64. The van der Waals surface area contributed by atoms with Crippen LogP contribution >= 0.6 is 0 Å². The van der Waals surface area contributed by atoms with E-state index < -0.39 is 17.8 Å². The first kappa shape index (κ1) is 15.5. The Morgan fingerprint density at radius 1 is 1.29 bits per heavy atom. The maximum atomic E-state index is 12.7. The lowest BCUT2D eigenvalue weighted by Gasteiger charge is -2.32. The molecule has 0 spiro atoms. The van der Waals surface area contributed by atoms with Crippen LogP contribution in [0.1, 0.15) is 44.0 Å². The second kappa shape index (κ2) is 6.69. The zero-order chi connectivity index (χ0) is 15.4. The molecule has 0 aromatic carbocycles. The van der Waals surface area contributed by atoms with Crippen LogP contribution in [0.4, 0.5) is 0 Å². The number of nitrogens with zero attached hydrogens (tertiary/aromatic N) is 3. The lowest BCUT2D eigenvalue weighted by Crippen LogP contribution is -2.42. The molecule has 2 rings (SSSR count). The summed E-state index contributed by atoms with van der Waals surface area (Å²) in [6.07, 6.45) is 3.00. The SMILES string of the molecule is CCN(Cc1nonc1C)C(=O)C1CCCCC1C(=O)O. The van der Waals surface area contributed by atoms with Crippen molar-refractivity contribution in [3.8, 4) is 0 Å². The van der Waals surface area contributed by atoms with Crippen molar-refractivity contribution in [3.63, 3.8) is 0 Å². The molecule has 1 aromatic rings. The maximum absolute atomic E-state index is 12.7. The molecule has 1 amide bonds. The molecule has 1 aliphatic rings. The van der Waals surface area contributed by atoms with E-state index in [-0.39, 0.29) is 5.91 Å². The number of carboxylic acids is 1. The number of aryl methyl sites for hydroxylation is 1. The van der Waals surface area contributed by atoms with Gasteiger partial charge in [0.25, 0.3) is 0 Å². The topological polar surface area (TPSA) is 96.5 Å². The van der Waals surface area contributed by atoms with Gasteiger partial charge in [0.15, 0.2) is 0 Å². The van der Waals surface area contributed by atoms with E-state index in [1.54, 1.807) is 11.8 Å². The molecule has 1 aliphatic carbocycles. The predicted octanol–water partition coefficient (Wildman–Crippen LogP) is 1.62. The minimum absolute atomic E-state index is 0.105. The van der Waals surface area contributed by atoms with Crippen LogP contribution in [0, 0.1) is 18.8 Å². The summed E-state index contributed by atoms with van der Waals surface area (Å²) in [5.41, 5.74) is 1.27. The average Bonchev–Trinajstić information content (AvgIpc) is 2.89. The molecule has 2 atom stereocenters. The van der Waals surface area contributed by atoms with Crippen molar-refractivity contribution in [2.24, 2.45) is 11.8 Å². The lowest BCUT2D eigenvalue weighted by molar-refractivity contribution is -0.152. The number of rotatable bonds is 5. The number of amides is 1. The van der Waals surface area contributed by atoms with Gasteiger partial charge in [-0.3, -0.25) is 9.59 Å². The van der Waals surface area contributed by atoms with Gasteiger partial charge in [-0.25, -0.2) is 4.63 Å². The van der Waals surface area contributed by atoms with Crippen molar-refractivity contribution in [1.29, 1.82) is 0 Å². The third kappa shape index (κ3) is 3.40. The number of carbonyl (C=O) groups is 2. The maximum Gasteiger partial charge on any atom is 0.307 e. The molecule has 7 nitrogen and oxygen atoms in total. The molecular weight excluding hydrogens is 274 g/mol. The van der Waals surface area contributed by atoms with Crippen molar-refractivity contribution >= 4 is 11.9 Å². The molecule has 1 heterocycles. The number of aliphatic carboxylic acids is 1. The molecule has 2 unspecified atom stereocenters. The first-order valence-electron chi connectivity index (χ1n) is 7.34. The van der Waals surface area contributed by atoms with Crippen LogP contribution in [0.3, 0.4) is 0 Å². The molecule has 1 aromatic heterocycles. The summed E-state index contributed by atoms with van der Waals surface area (Å²) in [4.78, 5) is 25.6. The second-order valence-corrected chi connectivity index (χ2v) is 5.48. The van der Waals surface area contributed by atoms with Gasteiger partial charge in [-0.15, -0.1) is 0 Å². The quantitative estimate of drug-likeness (QED) is 0.886. The standard InChI is InChI=1S/C14H21N3O4/c1-3-17(8-12-9(2)15-21-16-12)13(18)10-6-4-5-7-11(10)14(19)20/h10-11H,3-8H2,1-2H3,(H,19,20). The van der Waals surface area contributed by atoms with Gasteiger partial charge in [-0.05, 0) is 26.7 Å². The fraction of sp³-hybridized carbons (Fsp3) is 0.714. The molecule has 7 heteroatoms. The zero-order valence-corrected chi connectivity index (χ0v) is 12.4. The van der Waals surface area contributed by atoms with E-state index in [9.17, 15) is 14.7 Å². The Labute approximate surface area is 123 Å². The Bertz CT molecular complexity index is 514. The van der Waals surface area contributed by atoms with Gasteiger partial charge in [0.2, 0.25) is 5.91 Å². The lowest BCUT2D eigenvalue weighted by atomic mass is 9.78. The highest BCUT2D eigenvalue weighted by Gasteiger charge is 2.37. The fourth-order valence-electron chi connectivity index (χ4n) is 2.88. The smallest absolute Gasteiger partial charge is 0.307 e. The Hall–Kier alpha value is -1.92. The predicted molar refractivity (Wildman–Crippen MR) is 73.2 cm³/mol. The molecule has 1 fully saturated rings. The van der Waals surface area contributed by atoms with E-state index in [0.717, 1.165) is 12.8 Å². The second-order valence-electron chi connectivity index (χ2n) is 5.48. The van der Waals surface area contributed by atoms with Crippen LogP contribution in [-0.4, -0.2) is 38.7 Å². The Morgan fingerprint density at radius 3 is 2.48 bits per heavy atom. The van der Waals surface area contributed by atoms with Gasteiger partial charge in [0, 0.05) is 6.54 Å². The monoisotopic (exact) mass is 295 g/mol. The zero-order valence-electron chi connectivity index (χ0n) is 12.4. The Kier molecular flexibility index (Phi) is 4.93. The summed E-state index contributed by atoms with van der Waals surface area (Å²) in [7, 11) is 0. The minimum atomic E-state index is -0.872. The van der Waals surface area contributed by atoms with E-state index in [1.807, 2.05) is 6.92 Å². The van der Waals surface area contributed by atoms with Crippen LogP contribution in [-0.2, 0) is 16.1 Å². The largest absolute Gasteiger partial charge is 0.481 e.